The number of amides is 1. The van der Waals surface area contributed by atoms with Gasteiger partial charge in [0.25, 0.3) is 0 Å². The van der Waals surface area contributed by atoms with E-state index >= 15 is 0 Å². The van der Waals surface area contributed by atoms with Crippen molar-refractivity contribution in [3.8, 4) is 5.75 Å². The lowest BCUT2D eigenvalue weighted by Crippen LogP contribution is -2.15. The molecule has 0 unspecified atom stereocenters. The molecule has 2 rings (SSSR count). The number of hydrogen-bond donors (Lipinski definition) is 1. The number of thioether (sulfide) groups is 1. The number of benzene rings is 2. The molecule has 1 N–H and O–H groups in total. The highest BCUT2D eigenvalue weighted by molar-refractivity contribution is 8.00. The molecule has 0 saturated carbocycles. The first-order chi connectivity index (χ1) is 11.6. The lowest BCUT2D eigenvalue weighted by atomic mass is 10.1. The highest BCUT2D eigenvalue weighted by Crippen LogP contribution is 2.15. The molecule has 126 valence electrons. The minimum atomic E-state index is -0.108. The van der Waals surface area contributed by atoms with Gasteiger partial charge in [0.2, 0.25) is 5.91 Å². The average Bonchev–Trinajstić information content (AvgIpc) is 2.58. The first kappa shape index (κ1) is 18.1. The van der Waals surface area contributed by atoms with Crippen molar-refractivity contribution in [2.45, 2.75) is 13.8 Å². The van der Waals surface area contributed by atoms with Crippen LogP contribution in [0.1, 0.15) is 22.8 Å². The maximum absolute atomic E-state index is 12.1. The zero-order chi connectivity index (χ0) is 17.4. The molecule has 4 nitrogen and oxygen atoms in total. The molecule has 2 aromatic rings. The molecule has 1 amide bonds. The number of ether oxygens (including phenoxy) is 1. The molecule has 0 bridgehead atoms. The topological polar surface area (TPSA) is 55.4 Å². The number of hydrogen-bond acceptors (Lipinski definition) is 4. The van der Waals surface area contributed by atoms with Crippen molar-refractivity contribution in [3.63, 3.8) is 0 Å². The number of anilines is 1. The average molecular weight is 343 g/mol. The van der Waals surface area contributed by atoms with Crippen molar-refractivity contribution in [3.05, 3.63) is 59.7 Å². The van der Waals surface area contributed by atoms with Crippen LogP contribution in [0.15, 0.2) is 48.5 Å². The second-order valence-electron chi connectivity index (χ2n) is 5.29. The lowest BCUT2D eigenvalue weighted by Gasteiger charge is -2.06. The van der Waals surface area contributed by atoms with Crippen LogP contribution in [0.2, 0.25) is 0 Å². The number of aryl methyl sites for hydroxylation is 1. The first-order valence-corrected chi connectivity index (χ1v) is 8.94. The van der Waals surface area contributed by atoms with Crippen molar-refractivity contribution >= 4 is 29.1 Å². The van der Waals surface area contributed by atoms with E-state index in [9.17, 15) is 9.59 Å². The van der Waals surface area contributed by atoms with E-state index in [1.165, 1.54) is 11.8 Å². The van der Waals surface area contributed by atoms with E-state index in [0.29, 0.717) is 12.2 Å². The molecule has 24 heavy (non-hydrogen) atoms. The van der Waals surface area contributed by atoms with Crippen LogP contribution in [0.5, 0.6) is 5.75 Å². The van der Waals surface area contributed by atoms with Crippen LogP contribution in [0.25, 0.3) is 0 Å². The van der Waals surface area contributed by atoms with E-state index in [4.69, 9.17) is 4.74 Å². The fourth-order valence-corrected chi connectivity index (χ4v) is 2.77. The third-order valence-electron chi connectivity index (χ3n) is 3.29. The Morgan fingerprint density at radius 3 is 2.29 bits per heavy atom. The fraction of sp³-hybridized carbons (Fsp3) is 0.263. The molecule has 0 heterocycles. The number of rotatable bonds is 8. The number of carbonyl (C=O) groups excluding carboxylic acids is 2. The van der Waals surface area contributed by atoms with E-state index < -0.39 is 0 Å². The molecule has 2 aromatic carbocycles. The van der Waals surface area contributed by atoms with E-state index in [1.807, 2.05) is 38.1 Å². The third kappa shape index (κ3) is 5.74. The molecule has 0 spiro atoms. The molecule has 0 atom stereocenters. The van der Waals surface area contributed by atoms with Crippen LogP contribution in [0.3, 0.4) is 0 Å². The highest BCUT2D eigenvalue weighted by atomic mass is 32.2. The predicted octanol–water partition coefficient (Wildman–Crippen LogP) is 3.95. The van der Waals surface area contributed by atoms with Crippen molar-refractivity contribution in [1.29, 1.82) is 0 Å². The molecule has 0 fully saturated rings. The van der Waals surface area contributed by atoms with Gasteiger partial charge in [0, 0.05) is 11.3 Å². The standard InChI is InChI=1S/C19H21NO3S/c1-3-23-17-10-6-15(7-11-17)18(21)12-24-13-19(22)20-16-8-4-14(2)5-9-16/h4-11H,3,12-13H2,1-2H3,(H,20,22). The number of ketones is 1. The Morgan fingerprint density at radius 2 is 1.67 bits per heavy atom. The molecule has 0 saturated heterocycles. The zero-order valence-corrected chi connectivity index (χ0v) is 14.7. The summed E-state index contributed by atoms with van der Waals surface area (Å²) in [5.41, 5.74) is 2.54. The van der Waals surface area contributed by atoms with Gasteiger partial charge < -0.3 is 10.1 Å². The molecule has 0 aliphatic rings. The monoisotopic (exact) mass is 343 g/mol. The van der Waals surface area contributed by atoms with Gasteiger partial charge in [0.05, 0.1) is 18.1 Å². The van der Waals surface area contributed by atoms with Gasteiger partial charge in [-0.25, -0.2) is 0 Å². The zero-order valence-electron chi connectivity index (χ0n) is 13.9. The SMILES string of the molecule is CCOc1ccc(C(=O)CSCC(=O)Nc2ccc(C)cc2)cc1. The summed E-state index contributed by atoms with van der Waals surface area (Å²) >= 11 is 1.31. The Kier molecular flexibility index (Phi) is 6.88. The minimum Gasteiger partial charge on any atom is -0.494 e. The summed E-state index contributed by atoms with van der Waals surface area (Å²) in [7, 11) is 0. The van der Waals surface area contributed by atoms with Gasteiger partial charge in [-0.1, -0.05) is 17.7 Å². The predicted molar refractivity (Wildman–Crippen MR) is 99.1 cm³/mol. The third-order valence-corrected chi connectivity index (χ3v) is 4.22. The van der Waals surface area contributed by atoms with Crippen LogP contribution >= 0.6 is 11.8 Å². The Hall–Kier alpha value is -2.27. The van der Waals surface area contributed by atoms with Crippen LogP contribution in [-0.2, 0) is 4.79 Å². The van der Waals surface area contributed by atoms with Gasteiger partial charge in [-0.05, 0) is 50.2 Å². The maximum Gasteiger partial charge on any atom is 0.234 e. The van der Waals surface area contributed by atoms with Crippen LogP contribution in [-0.4, -0.2) is 29.8 Å². The van der Waals surface area contributed by atoms with E-state index in [2.05, 4.69) is 5.32 Å². The minimum absolute atomic E-state index is 0.00573. The Balaban J connectivity index is 1.75. The fourth-order valence-electron chi connectivity index (χ4n) is 2.06. The van der Waals surface area contributed by atoms with Gasteiger partial charge in [0.15, 0.2) is 5.78 Å². The molecule has 0 aliphatic carbocycles. The molecule has 0 aromatic heterocycles. The number of Topliss-reactive ketones (excluding diaryl/α,β-unsaturated/α-hetero) is 1. The maximum atomic E-state index is 12.1. The normalized spacial score (nSPS) is 10.2. The van der Waals surface area contributed by atoms with Gasteiger partial charge >= 0.3 is 0 Å². The molecule has 5 heteroatoms. The summed E-state index contributed by atoms with van der Waals surface area (Å²) in [6.07, 6.45) is 0. The van der Waals surface area contributed by atoms with Gasteiger partial charge in [-0.2, -0.15) is 0 Å². The summed E-state index contributed by atoms with van der Waals surface area (Å²) in [5, 5.41) is 2.82. The number of carbonyl (C=O) groups is 2. The van der Waals surface area contributed by atoms with Gasteiger partial charge in [0.1, 0.15) is 5.75 Å². The van der Waals surface area contributed by atoms with Gasteiger partial charge in [-0.3, -0.25) is 9.59 Å². The summed E-state index contributed by atoms with van der Waals surface area (Å²) in [4.78, 5) is 24.0. The smallest absolute Gasteiger partial charge is 0.234 e. The highest BCUT2D eigenvalue weighted by Gasteiger charge is 2.08. The van der Waals surface area contributed by atoms with E-state index in [0.717, 1.165) is 17.0 Å². The van der Waals surface area contributed by atoms with Gasteiger partial charge in [-0.15, -0.1) is 11.8 Å². The molecular weight excluding hydrogens is 322 g/mol. The largest absolute Gasteiger partial charge is 0.494 e. The Labute approximate surface area is 146 Å². The Morgan fingerprint density at radius 1 is 1.00 bits per heavy atom. The quantitative estimate of drug-likeness (QED) is 0.738. The number of nitrogens with one attached hydrogen (secondary N) is 1. The van der Waals surface area contributed by atoms with Crippen LogP contribution < -0.4 is 10.1 Å². The van der Waals surface area contributed by atoms with Crippen LogP contribution in [0.4, 0.5) is 5.69 Å². The summed E-state index contributed by atoms with van der Waals surface area (Å²) in [6.45, 7) is 4.50. The van der Waals surface area contributed by atoms with Crippen molar-refractivity contribution < 1.29 is 14.3 Å². The first-order valence-electron chi connectivity index (χ1n) is 7.79. The summed E-state index contributed by atoms with van der Waals surface area (Å²) in [5.74, 6) is 1.17. The molecule has 0 aliphatic heterocycles. The van der Waals surface area contributed by atoms with E-state index in [-0.39, 0.29) is 23.2 Å². The lowest BCUT2D eigenvalue weighted by molar-refractivity contribution is -0.113. The Bertz CT molecular complexity index is 681. The summed E-state index contributed by atoms with van der Waals surface area (Å²) < 4.78 is 5.35. The van der Waals surface area contributed by atoms with E-state index in [1.54, 1.807) is 24.3 Å². The van der Waals surface area contributed by atoms with Crippen molar-refractivity contribution in [1.82, 2.24) is 0 Å². The molecule has 0 radical (unpaired) electrons. The molecular formula is C19H21NO3S. The second-order valence-corrected chi connectivity index (χ2v) is 6.27. The van der Waals surface area contributed by atoms with Crippen molar-refractivity contribution in [2.24, 2.45) is 0 Å². The van der Waals surface area contributed by atoms with Crippen molar-refractivity contribution in [2.75, 3.05) is 23.4 Å². The van der Waals surface area contributed by atoms with Crippen LogP contribution in [0, 0.1) is 6.92 Å². The summed E-state index contributed by atoms with van der Waals surface area (Å²) in [6, 6.07) is 14.7. The second kappa shape index (κ2) is 9.13.